The van der Waals surface area contributed by atoms with E-state index in [2.05, 4.69) is 10.6 Å². The van der Waals surface area contributed by atoms with Crippen LogP contribution in [0.5, 0.6) is 5.75 Å². The number of rotatable bonds is 3. The molecule has 1 fully saturated rings. The molecule has 2 rings (SSSR count). The fourth-order valence-corrected chi connectivity index (χ4v) is 2.08. The van der Waals surface area contributed by atoms with Crippen LogP contribution in [0, 0.1) is 0 Å². The van der Waals surface area contributed by atoms with Gasteiger partial charge in [-0.05, 0) is 25.6 Å². The minimum Gasteiger partial charge on any atom is -0.497 e. The highest BCUT2D eigenvalue weighted by molar-refractivity contribution is 5.89. The first-order valence-corrected chi connectivity index (χ1v) is 6.10. The molecule has 18 heavy (non-hydrogen) atoms. The van der Waals surface area contributed by atoms with E-state index in [1.807, 2.05) is 36.2 Å². The average Bonchev–Trinajstić information content (AvgIpc) is 2.88. The van der Waals surface area contributed by atoms with Crippen LogP contribution in [0.3, 0.4) is 0 Å². The molecule has 0 spiro atoms. The van der Waals surface area contributed by atoms with E-state index >= 15 is 0 Å². The van der Waals surface area contributed by atoms with Gasteiger partial charge in [-0.2, -0.15) is 0 Å². The van der Waals surface area contributed by atoms with E-state index < -0.39 is 0 Å². The Kier molecular flexibility index (Phi) is 4.04. The number of nitrogens with zero attached hydrogens (tertiary/aromatic N) is 1. The summed E-state index contributed by atoms with van der Waals surface area (Å²) in [7, 11) is 3.53. The van der Waals surface area contributed by atoms with Crippen LogP contribution in [0.1, 0.15) is 6.42 Å². The summed E-state index contributed by atoms with van der Waals surface area (Å²) in [5.74, 6) is 0.738. The lowest BCUT2D eigenvalue weighted by Gasteiger charge is -2.17. The molecule has 0 saturated carbocycles. The lowest BCUT2D eigenvalue weighted by molar-refractivity contribution is 0.221. The standard InChI is InChI=1S/C13H19N3O2/c1-14-11-6-7-16(9-11)13(17)15-10-4-3-5-12(8-10)18-2/h3-5,8,11,14H,6-7,9H2,1-2H3,(H,15,17)/t11-/m0/s1. The summed E-state index contributed by atoms with van der Waals surface area (Å²) in [6, 6.07) is 7.72. The van der Waals surface area contributed by atoms with E-state index in [1.54, 1.807) is 7.11 Å². The minimum atomic E-state index is -0.0546. The molecule has 1 aromatic rings. The zero-order valence-electron chi connectivity index (χ0n) is 10.8. The fraction of sp³-hybridized carbons (Fsp3) is 0.462. The van der Waals surface area contributed by atoms with Crippen molar-refractivity contribution in [3.05, 3.63) is 24.3 Å². The number of likely N-dealkylation sites (N-methyl/N-ethyl adjacent to an activating group) is 1. The molecule has 0 bridgehead atoms. The predicted molar refractivity (Wildman–Crippen MR) is 71.1 cm³/mol. The molecule has 1 atom stereocenters. The molecule has 2 amide bonds. The molecule has 0 unspecified atom stereocenters. The number of likely N-dealkylation sites (tertiary alicyclic amines) is 1. The van der Waals surface area contributed by atoms with Gasteiger partial charge in [0.2, 0.25) is 0 Å². The Morgan fingerprint density at radius 2 is 2.33 bits per heavy atom. The van der Waals surface area contributed by atoms with E-state index in [0.717, 1.165) is 30.9 Å². The van der Waals surface area contributed by atoms with Crippen LogP contribution in [0.15, 0.2) is 24.3 Å². The summed E-state index contributed by atoms with van der Waals surface area (Å²) in [4.78, 5) is 13.8. The second-order valence-electron chi connectivity index (χ2n) is 4.38. The van der Waals surface area contributed by atoms with Crippen molar-refractivity contribution in [2.45, 2.75) is 12.5 Å². The fourth-order valence-electron chi connectivity index (χ4n) is 2.08. The first-order valence-electron chi connectivity index (χ1n) is 6.10. The van der Waals surface area contributed by atoms with Crippen molar-refractivity contribution in [3.8, 4) is 5.75 Å². The number of carbonyl (C=O) groups excluding carboxylic acids is 1. The monoisotopic (exact) mass is 249 g/mol. The Labute approximate surface area is 107 Å². The van der Waals surface area contributed by atoms with Gasteiger partial charge < -0.3 is 20.3 Å². The molecule has 98 valence electrons. The average molecular weight is 249 g/mol. The number of methoxy groups -OCH3 is 1. The molecule has 1 aliphatic heterocycles. The number of carbonyl (C=O) groups is 1. The molecule has 1 saturated heterocycles. The molecule has 0 aromatic heterocycles. The molecular formula is C13H19N3O2. The predicted octanol–water partition coefficient (Wildman–Crippen LogP) is 1.52. The summed E-state index contributed by atoms with van der Waals surface area (Å²) in [6.45, 7) is 1.55. The summed E-state index contributed by atoms with van der Waals surface area (Å²) >= 11 is 0. The summed E-state index contributed by atoms with van der Waals surface area (Å²) in [6.07, 6.45) is 1.00. The Morgan fingerprint density at radius 1 is 1.50 bits per heavy atom. The van der Waals surface area contributed by atoms with Crippen molar-refractivity contribution >= 4 is 11.7 Å². The third-order valence-corrected chi connectivity index (χ3v) is 3.20. The van der Waals surface area contributed by atoms with Gasteiger partial charge in [0, 0.05) is 30.9 Å². The Balaban J connectivity index is 1.94. The van der Waals surface area contributed by atoms with E-state index in [1.165, 1.54) is 0 Å². The van der Waals surface area contributed by atoms with Gasteiger partial charge in [-0.1, -0.05) is 6.07 Å². The number of nitrogens with one attached hydrogen (secondary N) is 2. The SMILES string of the molecule is CN[C@H]1CCN(C(=O)Nc2cccc(OC)c2)C1. The maximum Gasteiger partial charge on any atom is 0.321 e. The normalized spacial score (nSPS) is 18.8. The molecule has 5 heteroatoms. The number of amides is 2. The molecule has 1 aromatic carbocycles. The number of ether oxygens (including phenoxy) is 1. The first-order chi connectivity index (χ1) is 8.72. The maximum absolute atomic E-state index is 12.0. The quantitative estimate of drug-likeness (QED) is 0.854. The second kappa shape index (κ2) is 5.73. The van der Waals surface area contributed by atoms with Crippen LogP contribution in [0.2, 0.25) is 0 Å². The van der Waals surface area contributed by atoms with Gasteiger partial charge in [0.25, 0.3) is 0 Å². The molecule has 0 radical (unpaired) electrons. The summed E-state index contributed by atoms with van der Waals surface area (Å²) < 4.78 is 5.12. The van der Waals surface area contributed by atoms with Gasteiger partial charge in [0.1, 0.15) is 5.75 Å². The van der Waals surface area contributed by atoms with Crippen LogP contribution < -0.4 is 15.4 Å². The minimum absolute atomic E-state index is 0.0546. The van der Waals surface area contributed by atoms with Gasteiger partial charge in [0.05, 0.1) is 7.11 Å². The highest BCUT2D eigenvalue weighted by Crippen LogP contribution is 2.18. The van der Waals surface area contributed by atoms with Crippen molar-refractivity contribution in [1.82, 2.24) is 10.2 Å². The van der Waals surface area contributed by atoms with Gasteiger partial charge in [-0.15, -0.1) is 0 Å². The van der Waals surface area contributed by atoms with Crippen LogP contribution in [-0.2, 0) is 0 Å². The van der Waals surface area contributed by atoms with Gasteiger partial charge >= 0.3 is 6.03 Å². The zero-order valence-corrected chi connectivity index (χ0v) is 10.8. The number of hydrogen-bond donors (Lipinski definition) is 2. The Bertz CT molecular complexity index is 422. The van der Waals surface area contributed by atoms with Crippen molar-refractivity contribution in [3.63, 3.8) is 0 Å². The highest BCUT2D eigenvalue weighted by atomic mass is 16.5. The van der Waals surface area contributed by atoms with Gasteiger partial charge in [0.15, 0.2) is 0 Å². The lowest BCUT2D eigenvalue weighted by atomic mass is 10.3. The largest absolute Gasteiger partial charge is 0.497 e. The van der Waals surface area contributed by atoms with Gasteiger partial charge in [-0.3, -0.25) is 0 Å². The first kappa shape index (κ1) is 12.7. The third-order valence-electron chi connectivity index (χ3n) is 3.20. The van der Waals surface area contributed by atoms with E-state index in [9.17, 15) is 4.79 Å². The highest BCUT2D eigenvalue weighted by Gasteiger charge is 2.24. The van der Waals surface area contributed by atoms with Crippen LogP contribution in [-0.4, -0.2) is 44.2 Å². The molecule has 1 aliphatic rings. The number of hydrogen-bond acceptors (Lipinski definition) is 3. The zero-order chi connectivity index (χ0) is 13.0. The third kappa shape index (κ3) is 2.92. The molecule has 2 N–H and O–H groups in total. The van der Waals surface area contributed by atoms with Crippen molar-refractivity contribution in [2.24, 2.45) is 0 Å². The van der Waals surface area contributed by atoms with Crippen molar-refractivity contribution in [2.75, 3.05) is 32.6 Å². The molecule has 5 nitrogen and oxygen atoms in total. The van der Waals surface area contributed by atoms with Crippen LogP contribution >= 0.6 is 0 Å². The Hall–Kier alpha value is -1.75. The van der Waals surface area contributed by atoms with Crippen LogP contribution in [0.25, 0.3) is 0 Å². The van der Waals surface area contributed by atoms with Crippen LogP contribution in [0.4, 0.5) is 10.5 Å². The summed E-state index contributed by atoms with van der Waals surface area (Å²) in [5, 5.41) is 6.07. The molecular weight excluding hydrogens is 230 g/mol. The molecule has 0 aliphatic carbocycles. The van der Waals surface area contributed by atoms with Crippen molar-refractivity contribution in [1.29, 1.82) is 0 Å². The maximum atomic E-state index is 12.0. The summed E-state index contributed by atoms with van der Waals surface area (Å²) in [5.41, 5.74) is 0.757. The lowest BCUT2D eigenvalue weighted by Crippen LogP contribution is -2.36. The second-order valence-corrected chi connectivity index (χ2v) is 4.38. The smallest absolute Gasteiger partial charge is 0.321 e. The number of urea groups is 1. The number of anilines is 1. The van der Waals surface area contributed by atoms with E-state index in [-0.39, 0.29) is 6.03 Å². The van der Waals surface area contributed by atoms with E-state index in [0.29, 0.717) is 6.04 Å². The van der Waals surface area contributed by atoms with Crippen molar-refractivity contribution < 1.29 is 9.53 Å². The molecule has 1 heterocycles. The topological polar surface area (TPSA) is 53.6 Å². The number of benzene rings is 1. The van der Waals surface area contributed by atoms with Gasteiger partial charge in [-0.25, -0.2) is 4.79 Å². The van der Waals surface area contributed by atoms with E-state index in [4.69, 9.17) is 4.74 Å². The Morgan fingerprint density at radius 3 is 3.00 bits per heavy atom.